The number of hydrogen-bond donors (Lipinski definition) is 2. The van der Waals surface area contributed by atoms with E-state index in [-0.39, 0.29) is 16.8 Å². The van der Waals surface area contributed by atoms with E-state index >= 15 is 0 Å². The van der Waals surface area contributed by atoms with Gasteiger partial charge in [0.1, 0.15) is 5.75 Å². The summed E-state index contributed by atoms with van der Waals surface area (Å²) in [6, 6.07) is 3.40. The van der Waals surface area contributed by atoms with Crippen molar-refractivity contribution in [2.24, 2.45) is 0 Å². The molecule has 16 heavy (non-hydrogen) atoms. The molecule has 0 spiro atoms. The number of benzene rings is 1. The topological polar surface area (TPSA) is 41.5 Å². The standard InChI is InChI=1S/C11H15Cl2NO2/c1-7(6-16-2)14-5-8-3-9(12)4-10(13)11(8)15/h3-4,7,14-15H,5-6H2,1-2H3. The number of rotatable bonds is 5. The van der Waals surface area contributed by atoms with Crippen molar-refractivity contribution >= 4 is 23.2 Å². The number of methoxy groups -OCH3 is 1. The molecule has 0 fully saturated rings. The number of ether oxygens (including phenoxy) is 1. The molecule has 3 nitrogen and oxygen atoms in total. The molecule has 1 atom stereocenters. The third-order valence-corrected chi connectivity index (χ3v) is 2.67. The number of halogens is 2. The Hall–Kier alpha value is -0.480. The Labute approximate surface area is 105 Å². The van der Waals surface area contributed by atoms with Crippen molar-refractivity contribution in [2.45, 2.75) is 19.5 Å². The van der Waals surface area contributed by atoms with Gasteiger partial charge in [-0.2, -0.15) is 0 Å². The van der Waals surface area contributed by atoms with Crippen LogP contribution in [0.5, 0.6) is 5.75 Å². The van der Waals surface area contributed by atoms with Gasteiger partial charge in [-0.1, -0.05) is 23.2 Å². The maximum atomic E-state index is 9.70. The molecular weight excluding hydrogens is 249 g/mol. The molecule has 5 heteroatoms. The highest BCUT2D eigenvalue weighted by molar-refractivity contribution is 6.35. The minimum Gasteiger partial charge on any atom is -0.506 e. The molecule has 0 aromatic heterocycles. The van der Waals surface area contributed by atoms with Crippen LogP contribution in [-0.2, 0) is 11.3 Å². The molecule has 0 saturated carbocycles. The average Bonchev–Trinajstić information content (AvgIpc) is 2.21. The maximum Gasteiger partial charge on any atom is 0.138 e. The first-order valence-electron chi connectivity index (χ1n) is 4.93. The van der Waals surface area contributed by atoms with E-state index in [1.54, 1.807) is 13.2 Å². The van der Waals surface area contributed by atoms with Crippen LogP contribution in [0.3, 0.4) is 0 Å². The van der Waals surface area contributed by atoms with E-state index in [0.29, 0.717) is 23.7 Å². The van der Waals surface area contributed by atoms with Crippen molar-refractivity contribution in [3.8, 4) is 5.75 Å². The fraction of sp³-hybridized carbons (Fsp3) is 0.455. The summed E-state index contributed by atoms with van der Waals surface area (Å²) in [5.74, 6) is 0.0724. The fourth-order valence-corrected chi connectivity index (χ4v) is 1.88. The molecule has 0 saturated heterocycles. The van der Waals surface area contributed by atoms with Crippen LogP contribution in [0.25, 0.3) is 0 Å². The molecule has 0 aliphatic rings. The van der Waals surface area contributed by atoms with E-state index in [2.05, 4.69) is 5.32 Å². The highest BCUT2D eigenvalue weighted by Gasteiger charge is 2.09. The van der Waals surface area contributed by atoms with Crippen LogP contribution >= 0.6 is 23.2 Å². The molecule has 0 heterocycles. The normalized spacial score (nSPS) is 12.8. The van der Waals surface area contributed by atoms with E-state index in [0.717, 1.165) is 0 Å². The van der Waals surface area contributed by atoms with Gasteiger partial charge in [-0.05, 0) is 19.1 Å². The van der Waals surface area contributed by atoms with Gasteiger partial charge >= 0.3 is 0 Å². The highest BCUT2D eigenvalue weighted by atomic mass is 35.5. The van der Waals surface area contributed by atoms with Gasteiger partial charge in [-0.15, -0.1) is 0 Å². The summed E-state index contributed by atoms with van der Waals surface area (Å²) in [5.41, 5.74) is 0.681. The molecule has 0 aliphatic heterocycles. The maximum absolute atomic E-state index is 9.70. The summed E-state index contributed by atoms with van der Waals surface area (Å²) < 4.78 is 4.99. The average molecular weight is 264 g/mol. The SMILES string of the molecule is COCC(C)NCc1cc(Cl)cc(Cl)c1O. The molecule has 1 aromatic rings. The lowest BCUT2D eigenvalue weighted by Gasteiger charge is -2.14. The van der Waals surface area contributed by atoms with E-state index in [1.165, 1.54) is 6.07 Å². The Bertz CT molecular complexity index is 358. The zero-order chi connectivity index (χ0) is 12.1. The first-order valence-corrected chi connectivity index (χ1v) is 5.69. The molecule has 90 valence electrons. The van der Waals surface area contributed by atoms with Gasteiger partial charge < -0.3 is 15.2 Å². The van der Waals surface area contributed by atoms with Crippen molar-refractivity contribution < 1.29 is 9.84 Å². The minimum atomic E-state index is 0.0724. The summed E-state index contributed by atoms with van der Waals surface area (Å²) in [6.45, 7) is 3.10. The van der Waals surface area contributed by atoms with E-state index in [4.69, 9.17) is 27.9 Å². The quantitative estimate of drug-likeness (QED) is 0.859. The molecule has 0 aliphatic carbocycles. The highest BCUT2D eigenvalue weighted by Crippen LogP contribution is 2.30. The van der Waals surface area contributed by atoms with Crippen LogP contribution in [0.1, 0.15) is 12.5 Å². The van der Waals surface area contributed by atoms with Gasteiger partial charge in [-0.25, -0.2) is 0 Å². The Morgan fingerprint density at radius 3 is 2.75 bits per heavy atom. The van der Waals surface area contributed by atoms with Crippen LogP contribution < -0.4 is 5.32 Å². The second-order valence-corrected chi connectivity index (χ2v) is 4.48. The molecule has 1 unspecified atom stereocenters. The van der Waals surface area contributed by atoms with Crippen molar-refractivity contribution in [3.63, 3.8) is 0 Å². The number of aromatic hydroxyl groups is 1. The Morgan fingerprint density at radius 1 is 1.44 bits per heavy atom. The Morgan fingerprint density at radius 2 is 2.12 bits per heavy atom. The summed E-state index contributed by atoms with van der Waals surface area (Å²) in [7, 11) is 1.64. The Balaban J connectivity index is 2.66. The summed E-state index contributed by atoms with van der Waals surface area (Å²) >= 11 is 11.7. The predicted molar refractivity (Wildman–Crippen MR) is 66.3 cm³/mol. The zero-order valence-electron chi connectivity index (χ0n) is 9.26. The summed E-state index contributed by atoms with van der Waals surface area (Å²) in [6.07, 6.45) is 0. The summed E-state index contributed by atoms with van der Waals surface area (Å²) in [5, 5.41) is 13.7. The smallest absolute Gasteiger partial charge is 0.138 e. The van der Waals surface area contributed by atoms with Gasteiger partial charge in [0.25, 0.3) is 0 Å². The van der Waals surface area contributed by atoms with Crippen LogP contribution in [0.15, 0.2) is 12.1 Å². The minimum absolute atomic E-state index is 0.0724. The third-order valence-electron chi connectivity index (χ3n) is 2.16. The lowest BCUT2D eigenvalue weighted by molar-refractivity contribution is 0.171. The third kappa shape index (κ3) is 3.83. The second kappa shape index (κ2) is 6.30. The fourth-order valence-electron chi connectivity index (χ4n) is 1.35. The van der Waals surface area contributed by atoms with Crippen LogP contribution in [0, 0.1) is 0 Å². The van der Waals surface area contributed by atoms with Crippen molar-refractivity contribution in [1.82, 2.24) is 5.32 Å². The number of phenolic OH excluding ortho intramolecular Hbond substituents is 1. The van der Waals surface area contributed by atoms with Crippen molar-refractivity contribution in [2.75, 3.05) is 13.7 Å². The Kier molecular flexibility index (Phi) is 5.35. The molecule has 0 bridgehead atoms. The van der Waals surface area contributed by atoms with E-state index in [9.17, 15) is 5.11 Å². The van der Waals surface area contributed by atoms with Crippen molar-refractivity contribution in [1.29, 1.82) is 0 Å². The monoisotopic (exact) mass is 263 g/mol. The van der Waals surface area contributed by atoms with Gasteiger partial charge in [-0.3, -0.25) is 0 Å². The van der Waals surface area contributed by atoms with Gasteiger partial charge in [0.05, 0.1) is 11.6 Å². The molecule has 0 radical (unpaired) electrons. The van der Waals surface area contributed by atoms with Crippen LogP contribution in [0.2, 0.25) is 10.0 Å². The van der Waals surface area contributed by atoms with Crippen LogP contribution in [-0.4, -0.2) is 24.9 Å². The molecule has 1 aromatic carbocycles. The number of phenols is 1. The van der Waals surface area contributed by atoms with Gasteiger partial charge in [0, 0.05) is 30.3 Å². The molecule has 1 rings (SSSR count). The number of nitrogens with one attached hydrogen (secondary N) is 1. The largest absolute Gasteiger partial charge is 0.506 e. The first-order chi connectivity index (χ1) is 7.54. The van der Waals surface area contributed by atoms with Gasteiger partial charge in [0.15, 0.2) is 0 Å². The lowest BCUT2D eigenvalue weighted by Crippen LogP contribution is -2.29. The molecule has 0 amide bonds. The van der Waals surface area contributed by atoms with Crippen molar-refractivity contribution in [3.05, 3.63) is 27.7 Å². The second-order valence-electron chi connectivity index (χ2n) is 3.63. The van der Waals surface area contributed by atoms with E-state index in [1.807, 2.05) is 6.92 Å². The number of hydrogen-bond acceptors (Lipinski definition) is 3. The van der Waals surface area contributed by atoms with E-state index < -0.39 is 0 Å². The summed E-state index contributed by atoms with van der Waals surface area (Å²) in [4.78, 5) is 0. The molecule has 2 N–H and O–H groups in total. The lowest BCUT2D eigenvalue weighted by atomic mass is 10.2. The first kappa shape index (κ1) is 13.6. The zero-order valence-corrected chi connectivity index (χ0v) is 10.8. The predicted octanol–water partition coefficient (Wildman–Crippen LogP) is 2.82. The van der Waals surface area contributed by atoms with Crippen LogP contribution in [0.4, 0.5) is 0 Å². The van der Waals surface area contributed by atoms with Gasteiger partial charge in [0.2, 0.25) is 0 Å². The molecular formula is C11H15Cl2NO2.